The number of rotatable bonds is 1. The molecule has 1 aliphatic heterocycles. The maximum Gasteiger partial charge on any atom is 0.255 e. The minimum Gasteiger partial charge on any atom is -0.311 e. The molecule has 1 unspecified atom stereocenters. The van der Waals surface area contributed by atoms with Crippen LogP contribution in [-0.2, 0) is 23.8 Å². The van der Waals surface area contributed by atoms with Crippen LogP contribution in [0.4, 0.5) is 0 Å². The van der Waals surface area contributed by atoms with E-state index in [9.17, 15) is 9.00 Å². The highest BCUT2D eigenvalue weighted by Crippen LogP contribution is 2.07. The van der Waals surface area contributed by atoms with E-state index in [-0.39, 0.29) is 10.7 Å². The molecule has 0 radical (unpaired) electrons. The molecule has 0 saturated carbocycles. The average Bonchev–Trinajstić information content (AvgIpc) is 2.17. The summed E-state index contributed by atoms with van der Waals surface area (Å²) < 4.78 is 11.1. The van der Waals surface area contributed by atoms with Gasteiger partial charge in [0.1, 0.15) is 0 Å². The summed E-state index contributed by atoms with van der Waals surface area (Å²) in [6, 6.07) is 0. The van der Waals surface area contributed by atoms with Crippen LogP contribution in [0.1, 0.15) is 11.3 Å². The van der Waals surface area contributed by atoms with Gasteiger partial charge in [-0.05, 0) is 13.0 Å². The van der Waals surface area contributed by atoms with Crippen molar-refractivity contribution in [3.63, 3.8) is 0 Å². The van der Waals surface area contributed by atoms with E-state index >= 15 is 0 Å². The summed E-state index contributed by atoms with van der Waals surface area (Å²) in [5.41, 5.74) is 1.30. The quantitative estimate of drug-likeness (QED) is 0.596. The normalized spacial score (nSPS) is 17.5. The first-order valence-electron chi connectivity index (χ1n) is 4.34. The number of aromatic nitrogens is 2. The SMILES string of the molecule is CS(=O)c1nc2c(c(=O)[nH]1)CCNC2. The second kappa shape index (κ2) is 3.62. The number of fused-ring (bicyclic) bond motifs is 1. The highest BCUT2D eigenvalue weighted by Gasteiger charge is 2.15. The lowest BCUT2D eigenvalue weighted by atomic mass is 10.1. The number of nitrogens with one attached hydrogen (secondary N) is 2. The van der Waals surface area contributed by atoms with Crippen LogP contribution in [0.15, 0.2) is 9.95 Å². The lowest BCUT2D eigenvalue weighted by molar-refractivity contribution is 0.603. The van der Waals surface area contributed by atoms with Crippen molar-refractivity contribution in [3.8, 4) is 0 Å². The van der Waals surface area contributed by atoms with E-state index in [1.54, 1.807) is 0 Å². The molecule has 2 N–H and O–H groups in total. The first-order valence-corrected chi connectivity index (χ1v) is 5.90. The zero-order valence-electron chi connectivity index (χ0n) is 7.79. The van der Waals surface area contributed by atoms with E-state index < -0.39 is 10.8 Å². The fourth-order valence-electron chi connectivity index (χ4n) is 1.48. The van der Waals surface area contributed by atoms with Crippen LogP contribution in [0.5, 0.6) is 0 Å². The number of hydrogen-bond acceptors (Lipinski definition) is 4. The van der Waals surface area contributed by atoms with Gasteiger partial charge in [0.2, 0.25) is 0 Å². The minimum absolute atomic E-state index is 0.151. The molecule has 14 heavy (non-hydrogen) atoms. The molecule has 0 saturated heterocycles. The van der Waals surface area contributed by atoms with Gasteiger partial charge in [-0.25, -0.2) is 4.98 Å². The molecule has 0 spiro atoms. The van der Waals surface area contributed by atoms with E-state index in [1.807, 2.05) is 0 Å². The van der Waals surface area contributed by atoms with Gasteiger partial charge in [0, 0.05) is 18.4 Å². The van der Waals surface area contributed by atoms with Gasteiger partial charge in [-0.15, -0.1) is 0 Å². The Balaban J connectivity index is 2.57. The summed E-state index contributed by atoms with van der Waals surface area (Å²) in [6.07, 6.45) is 2.19. The summed E-state index contributed by atoms with van der Waals surface area (Å²) in [6.45, 7) is 1.38. The van der Waals surface area contributed by atoms with Crippen molar-refractivity contribution in [1.82, 2.24) is 15.3 Å². The fourth-order valence-corrected chi connectivity index (χ4v) is 1.96. The van der Waals surface area contributed by atoms with Crippen LogP contribution >= 0.6 is 0 Å². The van der Waals surface area contributed by atoms with E-state index in [2.05, 4.69) is 15.3 Å². The summed E-state index contributed by atoms with van der Waals surface area (Å²) in [5, 5.41) is 3.38. The Morgan fingerprint density at radius 3 is 3.00 bits per heavy atom. The molecule has 6 heteroatoms. The molecule has 0 aliphatic carbocycles. The Morgan fingerprint density at radius 2 is 2.29 bits per heavy atom. The van der Waals surface area contributed by atoms with Crippen molar-refractivity contribution in [2.75, 3.05) is 12.8 Å². The molecule has 5 nitrogen and oxygen atoms in total. The van der Waals surface area contributed by atoms with Crippen molar-refractivity contribution in [1.29, 1.82) is 0 Å². The van der Waals surface area contributed by atoms with Crippen LogP contribution in [0, 0.1) is 0 Å². The molecule has 1 aromatic heterocycles. The predicted molar refractivity (Wildman–Crippen MR) is 52.6 cm³/mol. The van der Waals surface area contributed by atoms with Crippen LogP contribution < -0.4 is 10.9 Å². The van der Waals surface area contributed by atoms with Gasteiger partial charge in [0.25, 0.3) is 5.56 Å². The third-order valence-electron chi connectivity index (χ3n) is 2.20. The van der Waals surface area contributed by atoms with Gasteiger partial charge in [0.05, 0.1) is 16.5 Å². The van der Waals surface area contributed by atoms with Crippen LogP contribution in [0.2, 0.25) is 0 Å². The molecule has 0 amide bonds. The summed E-state index contributed by atoms with van der Waals surface area (Å²) >= 11 is 0. The third kappa shape index (κ3) is 1.62. The average molecular weight is 213 g/mol. The zero-order chi connectivity index (χ0) is 10.1. The van der Waals surface area contributed by atoms with E-state index in [4.69, 9.17) is 0 Å². The number of H-pyrrole nitrogens is 1. The molecular weight excluding hydrogens is 202 g/mol. The van der Waals surface area contributed by atoms with E-state index in [0.717, 1.165) is 17.8 Å². The molecule has 0 bridgehead atoms. The predicted octanol–water partition coefficient (Wildman–Crippen LogP) is -0.847. The van der Waals surface area contributed by atoms with Gasteiger partial charge in [-0.2, -0.15) is 0 Å². The van der Waals surface area contributed by atoms with Gasteiger partial charge in [-0.1, -0.05) is 0 Å². The maximum atomic E-state index is 11.5. The Hall–Kier alpha value is -1.01. The van der Waals surface area contributed by atoms with Crippen LogP contribution in [-0.4, -0.2) is 27.0 Å². The number of hydrogen-bond donors (Lipinski definition) is 2. The molecular formula is C8H11N3O2S. The molecule has 1 aromatic rings. The van der Waals surface area contributed by atoms with Crippen molar-refractivity contribution in [3.05, 3.63) is 21.6 Å². The molecule has 2 heterocycles. The smallest absolute Gasteiger partial charge is 0.255 e. The number of nitrogens with zero attached hydrogens (tertiary/aromatic N) is 1. The van der Waals surface area contributed by atoms with Gasteiger partial charge in [-0.3, -0.25) is 14.0 Å². The second-order valence-corrected chi connectivity index (χ2v) is 4.47. The monoisotopic (exact) mass is 213 g/mol. The lowest BCUT2D eigenvalue weighted by Gasteiger charge is -2.14. The van der Waals surface area contributed by atoms with Gasteiger partial charge in [0.15, 0.2) is 5.16 Å². The summed E-state index contributed by atoms with van der Waals surface area (Å²) in [7, 11) is -1.23. The lowest BCUT2D eigenvalue weighted by Crippen LogP contribution is -2.31. The van der Waals surface area contributed by atoms with Crippen molar-refractivity contribution in [2.24, 2.45) is 0 Å². The van der Waals surface area contributed by atoms with Gasteiger partial charge >= 0.3 is 0 Å². The van der Waals surface area contributed by atoms with Crippen LogP contribution in [0.25, 0.3) is 0 Å². The zero-order valence-corrected chi connectivity index (χ0v) is 8.61. The standard InChI is InChI=1S/C8H11N3O2S/c1-14(13)8-10-6-4-9-3-2-5(6)7(12)11-8/h9H,2-4H2,1H3,(H,10,11,12). The molecule has 76 valence electrons. The first-order chi connectivity index (χ1) is 6.68. The van der Waals surface area contributed by atoms with Gasteiger partial charge < -0.3 is 5.32 Å². The molecule has 1 atom stereocenters. The Morgan fingerprint density at radius 1 is 1.50 bits per heavy atom. The number of aromatic amines is 1. The minimum atomic E-state index is -1.23. The summed E-state index contributed by atoms with van der Waals surface area (Å²) in [4.78, 5) is 18.2. The fraction of sp³-hybridized carbons (Fsp3) is 0.500. The van der Waals surface area contributed by atoms with E-state index in [0.29, 0.717) is 13.0 Å². The largest absolute Gasteiger partial charge is 0.311 e. The topological polar surface area (TPSA) is 74.8 Å². The van der Waals surface area contributed by atoms with Crippen molar-refractivity contribution in [2.45, 2.75) is 18.1 Å². The van der Waals surface area contributed by atoms with Crippen LogP contribution in [0.3, 0.4) is 0 Å². The Bertz CT molecular complexity index is 441. The molecule has 2 rings (SSSR count). The molecule has 0 aromatic carbocycles. The highest BCUT2D eigenvalue weighted by atomic mass is 32.2. The Labute approximate surface area is 83.4 Å². The summed E-state index contributed by atoms with van der Waals surface area (Å²) in [5.74, 6) is 0. The van der Waals surface area contributed by atoms with Crippen molar-refractivity contribution < 1.29 is 4.21 Å². The van der Waals surface area contributed by atoms with Crippen molar-refractivity contribution >= 4 is 10.8 Å². The maximum absolute atomic E-state index is 11.5. The highest BCUT2D eigenvalue weighted by molar-refractivity contribution is 7.84. The first kappa shape index (κ1) is 9.54. The molecule has 1 aliphatic rings. The Kier molecular flexibility index (Phi) is 2.47. The third-order valence-corrected chi connectivity index (χ3v) is 2.93. The van der Waals surface area contributed by atoms with E-state index in [1.165, 1.54) is 6.26 Å². The molecule has 0 fully saturated rings. The second-order valence-electron chi connectivity index (χ2n) is 3.18.